The van der Waals surface area contributed by atoms with E-state index in [1.165, 1.54) is 90.4 Å². The van der Waals surface area contributed by atoms with Gasteiger partial charge < -0.3 is 18.8 Å². The van der Waals surface area contributed by atoms with Crippen LogP contribution in [0.4, 0.5) is 0 Å². The van der Waals surface area contributed by atoms with Gasteiger partial charge in [0.15, 0.2) is 0 Å². The quantitative estimate of drug-likeness (QED) is 0.0793. The molecule has 0 aromatic heterocycles. The van der Waals surface area contributed by atoms with Crippen molar-refractivity contribution in [2.75, 3.05) is 26.4 Å². The Morgan fingerprint density at radius 1 is 0.618 bits per heavy atom. The predicted octanol–water partition coefficient (Wildman–Crippen LogP) is 3.16. The molecule has 3 unspecified atom stereocenters. The van der Waals surface area contributed by atoms with Gasteiger partial charge in [-0.2, -0.15) is 0 Å². The van der Waals surface area contributed by atoms with Crippen molar-refractivity contribution >= 4 is 10.4 Å². The topological polar surface area (TPSA) is 94.1 Å². The van der Waals surface area contributed by atoms with Crippen LogP contribution < -0.4 is 29.6 Å². The van der Waals surface area contributed by atoms with E-state index in [1.807, 2.05) is 13.8 Å². The zero-order chi connectivity index (χ0) is 24.8. The van der Waals surface area contributed by atoms with Gasteiger partial charge in [0.2, 0.25) is 10.4 Å². The molecule has 0 saturated heterocycles. The molecule has 0 saturated carbocycles. The fourth-order valence-electron chi connectivity index (χ4n) is 3.57. The molecule has 0 aliphatic heterocycles. The van der Waals surface area contributed by atoms with Crippen molar-refractivity contribution in [1.82, 2.24) is 0 Å². The van der Waals surface area contributed by atoms with E-state index >= 15 is 0 Å². The van der Waals surface area contributed by atoms with Gasteiger partial charge in [0, 0.05) is 6.61 Å². The molecule has 0 fully saturated rings. The molecule has 0 aliphatic carbocycles. The van der Waals surface area contributed by atoms with E-state index in [1.54, 1.807) is 0 Å². The summed E-state index contributed by atoms with van der Waals surface area (Å²) < 4.78 is 52.7. The first-order valence-corrected chi connectivity index (χ1v) is 14.5. The minimum atomic E-state index is -4.70. The first-order chi connectivity index (χ1) is 15.7. The van der Waals surface area contributed by atoms with Crippen LogP contribution in [0.5, 0.6) is 0 Å². The predicted molar refractivity (Wildman–Crippen MR) is 132 cm³/mol. The summed E-state index contributed by atoms with van der Waals surface area (Å²) in [6.07, 6.45) is 17.8. The summed E-state index contributed by atoms with van der Waals surface area (Å²) >= 11 is 0. The van der Waals surface area contributed by atoms with Gasteiger partial charge in [-0.15, -0.1) is 0 Å². The minimum Gasteiger partial charge on any atom is -0.726 e. The monoisotopic (exact) mass is 518 g/mol. The van der Waals surface area contributed by atoms with E-state index in [-0.39, 0.29) is 48.4 Å². The van der Waals surface area contributed by atoms with Crippen molar-refractivity contribution in [1.29, 1.82) is 0 Å². The Morgan fingerprint density at radius 3 is 1.44 bits per heavy atom. The van der Waals surface area contributed by atoms with Gasteiger partial charge >= 0.3 is 29.6 Å². The molecule has 0 heterocycles. The third-order valence-corrected chi connectivity index (χ3v) is 6.07. The first kappa shape index (κ1) is 36.9. The van der Waals surface area contributed by atoms with Crippen molar-refractivity contribution in [3.05, 3.63) is 0 Å². The Hall–Kier alpha value is 0.750. The van der Waals surface area contributed by atoms with Crippen LogP contribution in [0.1, 0.15) is 118 Å². The molecule has 0 amide bonds. The molecule has 34 heavy (non-hydrogen) atoms. The van der Waals surface area contributed by atoms with Crippen molar-refractivity contribution in [2.45, 2.75) is 136 Å². The minimum absolute atomic E-state index is 0. The van der Waals surface area contributed by atoms with Gasteiger partial charge in [0.1, 0.15) is 0 Å². The second kappa shape index (κ2) is 25.4. The molecule has 7 nitrogen and oxygen atoms in total. The fourth-order valence-corrected chi connectivity index (χ4v) is 4.03. The molecular formula is C25H51NaO7S. The molecule has 3 atom stereocenters. The van der Waals surface area contributed by atoms with Crippen LogP contribution >= 0.6 is 0 Å². The van der Waals surface area contributed by atoms with E-state index in [0.29, 0.717) is 13.2 Å². The van der Waals surface area contributed by atoms with E-state index in [4.69, 9.17) is 14.2 Å². The van der Waals surface area contributed by atoms with E-state index in [2.05, 4.69) is 11.1 Å². The van der Waals surface area contributed by atoms with Crippen LogP contribution in [-0.4, -0.2) is 57.7 Å². The molecule has 0 rings (SSSR count). The molecule has 0 bridgehead atoms. The summed E-state index contributed by atoms with van der Waals surface area (Å²) in [7, 11) is -4.70. The molecule has 0 aromatic carbocycles. The summed E-state index contributed by atoms with van der Waals surface area (Å²) in [6, 6.07) is 0. The SMILES string of the molecule is CCCCCCCCCCCCCCCCOCC(C)OCC(C)OCC(C)OS(=O)(=O)[O-].[Na+]. The number of hydrogen-bond donors (Lipinski definition) is 0. The number of hydrogen-bond acceptors (Lipinski definition) is 7. The maximum absolute atomic E-state index is 10.5. The van der Waals surface area contributed by atoms with Gasteiger partial charge in [-0.25, -0.2) is 8.42 Å². The number of rotatable bonds is 25. The summed E-state index contributed by atoms with van der Waals surface area (Å²) in [4.78, 5) is 0. The Bertz CT molecular complexity index is 519. The Kier molecular flexibility index (Phi) is 27.6. The maximum atomic E-state index is 10.5. The number of ether oxygens (including phenoxy) is 3. The second-order valence-electron chi connectivity index (χ2n) is 9.27. The zero-order valence-electron chi connectivity index (χ0n) is 22.7. The molecule has 9 heteroatoms. The van der Waals surface area contributed by atoms with Crippen LogP contribution in [0.15, 0.2) is 0 Å². The van der Waals surface area contributed by atoms with Crippen LogP contribution in [0.2, 0.25) is 0 Å². The van der Waals surface area contributed by atoms with Gasteiger partial charge in [-0.1, -0.05) is 90.4 Å². The largest absolute Gasteiger partial charge is 1.00 e. The summed E-state index contributed by atoms with van der Waals surface area (Å²) in [5, 5.41) is 0. The van der Waals surface area contributed by atoms with Crippen molar-refractivity contribution < 1.29 is 60.9 Å². The van der Waals surface area contributed by atoms with Crippen LogP contribution in [-0.2, 0) is 28.8 Å². The van der Waals surface area contributed by atoms with E-state index in [0.717, 1.165) is 13.0 Å². The van der Waals surface area contributed by atoms with Gasteiger partial charge in [-0.05, 0) is 27.2 Å². The molecule has 0 aliphatic rings. The average molecular weight is 519 g/mol. The molecule has 0 N–H and O–H groups in total. The fraction of sp³-hybridized carbons (Fsp3) is 1.00. The molecule has 0 aromatic rings. The standard InChI is InChI=1S/C25H52O7S.Na/c1-5-6-7-8-9-10-11-12-13-14-15-16-17-18-19-29-20-23(2)30-21-24(3)31-22-25(4)32-33(26,27)28;/h23-25H,5-22H2,1-4H3,(H,26,27,28);/q;+1/p-1. The van der Waals surface area contributed by atoms with Gasteiger partial charge in [0.25, 0.3) is 0 Å². The summed E-state index contributed by atoms with van der Waals surface area (Å²) in [5.41, 5.74) is 0. The first-order valence-electron chi connectivity index (χ1n) is 13.2. The summed E-state index contributed by atoms with van der Waals surface area (Å²) in [5.74, 6) is 0. The van der Waals surface area contributed by atoms with E-state index in [9.17, 15) is 13.0 Å². The second-order valence-corrected chi connectivity index (χ2v) is 10.3. The molecule has 200 valence electrons. The normalized spacial score (nSPS) is 14.5. The smallest absolute Gasteiger partial charge is 0.726 e. The van der Waals surface area contributed by atoms with Crippen molar-refractivity contribution in [2.24, 2.45) is 0 Å². The third-order valence-electron chi connectivity index (χ3n) is 5.51. The number of unbranched alkanes of at least 4 members (excludes halogenated alkanes) is 13. The summed E-state index contributed by atoms with van der Waals surface area (Å²) in [6.45, 7) is 9.18. The van der Waals surface area contributed by atoms with Gasteiger partial charge in [-0.3, -0.25) is 4.18 Å². The third kappa shape index (κ3) is 29.0. The Labute approximate surface area is 232 Å². The van der Waals surface area contributed by atoms with E-state index < -0.39 is 16.5 Å². The van der Waals surface area contributed by atoms with Crippen molar-refractivity contribution in [3.63, 3.8) is 0 Å². The molecule has 0 radical (unpaired) electrons. The average Bonchev–Trinajstić information content (AvgIpc) is 2.74. The van der Waals surface area contributed by atoms with Crippen LogP contribution in [0.3, 0.4) is 0 Å². The molecule has 0 spiro atoms. The van der Waals surface area contributed by atoms with Crippen molar-refractivity contribution in [3.8, 4) is 0 Å². The van der Waals surface area contributed by atoms with Gasteiger partial charge in [0.05, 0.1) is 38.1 Å². The zero-order valence-corrected chi connectivity index (χ0v) is 25.5. The maximum Gasteiger partial charge on any atom is 1.00 e. The Morgan fingerprint density at radius 2 is 1.00 bits per heavy atom. The Balaban J connectivity index is 0. The van der Waals surface area contributed by atoms with Crippen LogP contribution in [0, 0.1) is 0 Å². The molecular weight excluding hydrogens is 467 g/mol. The van der Waals surface area contributed by atoms with Crippen LogP contribution in [0.25, 0.3) is 0 Å².